The van der Waals surface area contributed by atoms with Crippen LogP contribution in [0.2, 0.25) is 0 Å². The van der Waals surface area contributed by atoms with Crippen LogP contribution >= 0.6 is 15.9 Å². The van der Waals surface area contributed by atoms with Gasteiger partial charge >= 0.3 is 0 Å². The number of ether oxygens (including phenoxy) is 1. The highest BCUT2D eigenvalue weighted by Gasteiger charge is 2.13. The van der Waals surface area contributed by atoms with Crippen LogP contribution in [0.25, 0.3) is 10.9 Å². The van der Waals surface area contributed by atoms with E-state index in [1.54, 1.807) is 30.6 Å². The summed E-state index contributed by atoms with van der Waals surface area (Å²) < 4.78 is 6.56. The molecule has 23 heavy (non-hydrogen) atoms. The van der Waals surface area contributed by atoms with E-state index >= 15 is 0 Å². The van der Waals surface area contributed by atoms with Crippen molar-refractivity contribution in [2.75, 3.05) is 0 Å². The summed E-state index contributed by atoms with van der Waals surface area (Å²) >= 11 is 3.42. The Morgan fingerprint density at radius 1 is 1.17 bits per heavy atom. The molecule has 6 nitrogen and oxygen atoms in total. The van der Waals surface area contributed by atoms with Crippen molar-refractivity contribution < 1.29 is 4.74 Å². The molecular weight excluding hydrogens is 360 g/mol. The zero-order valence-corrected chi connectivity index (χ0v) is 14.7. The van der Waals surface area contributed by atoms with Gasteiger partial charge in [-0.05, 0) is 41.1 Å². The maximum absolute atomic E-state index is 11.8. The lowest BCUT2D eigenvalue weighted by Crippen LogP contribution is -2.09. The van der Waals surface area contributed by atoms with Crippen molar-refractivity contribution in [1.29, 1.82) is 0 Å². The molecule has 0 aliphatic carbocycles. The number of aromatic nitrogens is 4. The van der Waals surface area contributed by atoms with E-state index in [0.29, 0.717) is 22.5 Å². The number of benzene rings is 1. The standard InChI is InChI=1S/C14H11BrN4O2.C2H6/c1-8(13-16-3-2-4-17-13)21-12-5-9-11(6-10(12)15)18-7-19-14(9)20;1-2/h2-8H,1H3,(H,18,19,20);1-2H3/t8-;/m0./s1. The van der Waals surface area contributed by atoms with Gasteiger partial charge in [0.05, 0.1) is 21.7 Å². The Kier molecular flexibility index (Phi) is 5.81. The van der Waals surface area contributed by atoms with Gasteiger partial charge < -0.3 is 9.72 Å². The molecule has 0 saturated heterocycles. The van der Waals surface area contributed by atoms with Gasteiger partial charge in [0.25, 0.3) is 5.56 Å². The van der Waals surface area contributed by atoms with Crippen molar-refractivity contribution in [2.45, 2.75) is 26.9 Å². The predicted octanol–water partition coefficient (Wildman–Crippen LogP) is 3.64. The molecule has 2 heterocycles. The van der Waals surface area contributed by atoms with Gasteiger partial charge in [0, 0.05) is 12.4 Å². The van der Waals surface area contributed by atoms with Crippen molar-refractivity contribution in [1.82, 2.24) is 19.9 Å². The van der Waals surface area contributed by atoms with Gasteiger partial charge in [-0.2, -0.15) is 0 Å². The number of hydrogen-bond acceptors (Lipinski definition) is 5. The van der Waals surface area contributed by atoms with Crippen molar-refractivity contribution in [3.05, 3.63) is 57.6 Å². The second-order valence-corrected chi connectivity index (χ2v) is 5.25. The van der Waals surface area contributed by atoms with Gasteiger partial charge in [0.1, 0.15) is 5.75 Å². The number of halogens is 1. The first kappa shape index (κ1) is 17.1. The van der Waals surface area contributed by atoms with Crippen molar-refractivity contribution in [2.24, 2.45) is 0 Å². The number of hydrogen-bond donors (Lipinski definition) is 1. The summed E-state index contributed by atoms with van der Waals surface area (Å²) in [6.07, 6.45) is 4.35. The molecule has 0 amide bonds. The summed E-state index contributed by atoms with van der Waals surface area (Å²) in [4.78, 5) is 26.8. The maximum Gasteiger partial charge on any atom is 0.258 e. The molecule has 3 aromatic rings. The maximum atomic E-state index is 11.8. The van der Waals surface area contributed by atoms with E-state index in [2.05, 4.69) is 35.9 Å². The van der Waals surface area contributed by atoms with Crippen LogP contribution in [0.15, 0.2) is 46.2 Å². The minimum Gasteiger partial charge on any atom is -0.482 e. The van der Waals surface area contributed by atoms with E-state index in [1.165, 1.54) is 6.33 Å². The number of H-pyrrole nitrogens is 1. The fraction of sp³-hybridized carbons (Fsp3) is 0.250. The van der Waals surface area contributed by atoms with Crippen LogP contribution in [0.1, 0.15) is 32.7 Å². The van der Waals surface area contributed by atoms with E-state index in [9.17, 15) is 4.79 Å². The zero-order chi connectivity index (χ0) is 16.8. The summed E-state index contributed by atoms with van der Waals surface area (Å²) in [7, 11) is 0. The van der Waals surface area contributed by atoms with Crippen molar-refractivity contribution in [3.63, 3.8) is 0 Å². The summed E-state index contributed by atoms with van der Waals surface area (Å²) in [6, 6.07) is 5.15. The fourth-order valence-corrected chi connectivity index (χ4v) is 2.35. The lowest BCUT2D eigenvalue weighted by Gasteiger charge is -2.14. The average molecular weight is 377 g/mol. The van der Waals surface area contributed by atoms with Gasteiger partial charge in [-0.15, -0.1) is 0 Å². The zero-order valence-electron chi connectivity index (χ0n) is 13.1. The monoisotopic (exact) mass is 376 g/mol. The van der Waals surface area contributed by atoms with Crippen LogP contribution in [-0.2, 0) is 0 Å². The smallest absolute Gasteiger partial charge is 0.258 e. The number of aromatic amines is 1. The summed E-state index contributed by atoms with van der Waals surface area (Å²) in [5, 5.41) is 0.469. The molecule has 0 bridgehead atoms. The molecule has 0 unspecified atom stereocenters. The lowest BCUT2D eigenvalue weighted by molar-refractivity contribution is 0.215. The summed E-state index contributed by atoms with van der Waals surface area (Å²) in [6.45, 7) is 5.85. The van der Waals surface area contributed by atoms with Crippen LogP contribution in [0.5, 0.6) is 5.75 Å². The molecule has 2 aromatic heterocycles. The molecular formula is C16H17BrN4O2. The fourth-order valence-electron chi connectivity index (χ4n) is 1.92. The van der Waals surface area contributed by atoms with Crippen LogP contribution in [0.3, 0.4) is 0 Å². The topological polar surface area (TPSA) is 80.8 Å². The molecule has 0 spiro atoms. The number of rotatable bonds is 3. The SMILES string of the molecule is CC.C[C@H](Oc1cc2c(=O)[nH]cnc2cc1Br)c1ncccn1. The van der Waals surface area contributed by atoms with E-state index in [-0.39, 0.29) is 11.7 Å². The highest BCUT2D eigenvalue weighted by Crippen LogP contribution is 2.31. The third-order valence-electron chi connectivity index (χ3n) is 2.95. The molecule has 120 valence electrons. The van der Waals surface area contributed by atoms with E-state index < -0.39 is 0 Å². The first-order valence-corrected chi connectivity index (χ1v) is 8.05. The molecule has 0 radical (unpaired) electrons. The molecule has 0 aliphatic rings. The molecule has 1 atom stereocenters. The number of nitrogens with one attached hydrogen (secondary N) is 1. The van der Waals surface area contributed by atoms with Gasteiger partial charge in [-0.3, -0.25) is 4.79 Å². The van der Waals surface area contributed by atoms with Crippen molar-refractivity contribution >= 4 is 26.8 Å². The lowest BCUT2D eigenvalue weighted by atomic mass is 10.2. The Morgan fingerprint density at radius 3 is 2.57 bits per heavy atom. The van der Waals surface area contributed by atoms with Gasteiger partial charge in [-0.25, -0.2) is 15.0 Å². The first-order valence-electron chi connectivity index (χ1n) is 7.25. The minimum atomic E-state index is -0.337. The highest BCUT2D eigenvalue weighted by molar-refractivity contribution is 9.10. The quantitative estimate of drug-likeness (QED) is 0.754. The highest BCUT2D eigenvalue weighted by atomic mass is 79.9. The third kappa shape index (κ3) is 3.92. The molecule has 3 rings (SSSR count). The summed E-state index contributed by atoms with van der Waals surface area (Å²) in [5.41, 5.74) is 0.391. The molecule has 0 fully saturated rings. The van der Waals surface area contributed by atoms with E-state index in [4.69, 9.17) is 4.74 Å². The second kappa shape index (κ2) is 7.82. The molecule has 1 N–H and O–H groups in total. The van der Waals surface area contributed by atoms with Crippen LogP contribution in [-0.4, -0.2) is 19.9 Å². The largest absolute Gasteiger partial charge is 0.482 e. The van der Waals surface area contributed by atoms with E-state index in [0.717, 1.165) is 4.47 Å². The van der Waals surface area contributed by atoms with Crippen LogP contribution < -0.4 is 10.3 Å². The minimum absolute atomic E-state index is 0.207. The third-order valence-corrected chi connectivity index (χ3v) is 3.57. The van der Waals surface area contributed by atoms with Crippen molar-refractivity contribution in [3.8, 4) is 5.75 Å². The number of fused-ring (bicyclic) bond motifs is 1. The average Bonchev–Trinajstić information content (AvgIpc) is 2.59. The van der Waals surface area contributed by atoms with E-state index in [1.807, 2.05) is 20.8 Å². The van der Waals surface area contributed by atoms with Gasteiger partial charge in [0.2, 0.25) is 0 Å². The predicted molar refractivity (Wildman–Crippen MR) is 92.5 cm³/mol. The Morgan fingerprint density at radius 2 is 1.87 bits per heavy atom. The molecule has 7 heteroatoms. The van der Waals surface area contributed by atoms with Crippen LogP contribution in [0, 0.1) is 0 Å². The van der Waals surface area contributed by atoms with Crippen LogP contribution in [0.4, 0.5) is 0 Å². The Balaban J connectivity index is 0.000000924. The Labute approximate surface area is 142 Å². The van der Waals surface area contributed by atoms with Gasteiger partial charge in [0.15, 0.2) is 11.9 Å². The molecule has 1 aromatic carbocycles. The molecule has 0 saturated carbocycles. The normalized spacial score (nSPS) is 11.5. The number of nitrogens with zero attached hydrogens (tertiary/aromatic N) is 3. The van der Waals surface area contributed by atoms with Gasteiger partial charge in [-0.1, -0.05) is 13.8 Å². The Hall–Kier alpha value is -2.28. The Bertz CT molecular complexity index is 836. The first-order chi connectivity index (χ1) is 11.1. The molecule has 0 aliphatic heterocycles. The second-order valence-electron chi connectivity index (χ2n) is 4.40. The summed E-state index contributed by atoms with van der Waals surface area (Å²) in [5.74, 6) is 1.12.